The number of benzene rings is 2. The molecule has 100 valence electrons. The highest BCUT2D eigenvalue weighted by Crippen LogP contribution is 2.22. The van der Waals surface area contributed by atoms with E-state index in [0.29, 0.717) is 11.4 Å². The van der Waals surface area contributed by atoms with Gasteiger partial charge in [0, 0.05) is 24.3 Å². The number of non-ortho nitro benzene ring substituents is 2. The molecule has 2 aromatic carbocycles. The van der Waals surface area contributed by atoms with Crippen LogP contribution in [0.25, 0.3) is 0 Å². The normalized spacial score (nSPS) is 10.6. The summed E-state index contributed by atoms with van der Waals surface area (Å²) in [5.41, 5.74) is 0.849. The van der Waals surface area contributed by atoms with Crippen LogP contribution in [-0.2, 0) is 0 Å². The molecule has 0 saturated heterocycles. The number of hydrogen-bond acceptors (Lipinski definition) is 6. The Balaban J connectivity index is 2.12. The van der Waals surface area contributed by atoms with Gasteiger partial charge in [0.1, 0.15) is 0 Å². The second-order valence-corrected chi connectivity index (χ2v) is 3.75. The molecule has 2 aromatic rings. The van der Waals surface area contributed by atoms with Crippen LogP contribution < -0.4 is 0 Å². The van der Waals surface area contributed by atoms with E-state index >= 15 is 0 Å². The maximum Gasteiger partial charge on any atom is 0.269 e. The minimum Gasteiger partial charge on any atom is -0.258 e. The number of nitro groups is 2. The molecule has 2 rings (SSSR count). The first-order chi connectivity index (χ1) is 9.56. The van der Waals surface area contributed by atoms with Crippen LogP contribution in [0.15, 0.2) is 58.8 Å². The summed E-state index contributed by atoms with van der Waals surface area (Å²) < 4.78 is 0. The highest BCUT2D eigenvalue weighted by Gasteiger charge is 2.04. The van der Waals surface area contributed by atoms with Crippen molar-refractivity contribution >= 4 is 22.7 Å². The van der Waals surface area contributed by atoms with Gasteiger partial charge in [-0.05, 0) is 24.3 Å². The van der Waals surface area contributed by atoms with Crippen LogP contribution in [0, 0.1) is 20.2 Å². The fraction of sp³-hybridized carbons (Fsp3) is 0. The number of rotatable bonds is 4. The molecule has 0 heterocycles. The summed E-state index contributed by atoms with van der Waals surface area (Å²) in [6, 6.07) is 11.2. The third-order valence-corrected chi connectivity index (χ3v) is 2.40. The fourth-order valence-electron chi connectivity index (χ4n) is 1.40. The highest BCUT2D eigenvalue weighted by molar-refractivity contribution is 5.46. The van der Waals surface area contributed by atoms with Gasteiger partial charge in [0.2, 0.25) is 0 Å². The molecule has 0 spiro atoms. The van der Waals surface area contributed by atoms with Crippen molar-refractivity contribution in [1.82, 2.24) is 0 Å². The molecule has 8 heteroatoms. The smallest absolute Gasteiger partial charge is 0.258 e. The molecule has 0 saturated carbocycles. The monoisotopic (exact) mass is 272 g/mol. The first kappa shape index (κ1) is 13.3. The van der Waals surface area contributed by atoms with Crippen molar-refractivity contribution in [3.8, 4) is 0 Å². The zero-order valence-electron chi connectivity index (χ0n) is 10.0. The minimum atomic E-state index is -0.503. The van der Waals surface area contributed by atoms with Crippen LogP contribution >= 0.6 is 0 Å². The van der Waals surface area contributed by atoms with Gasteiger partial charge in [0.05, 0.1) is 21.2 Å². The van der Waals surface area contributed by atoms with Crippen LogP contribution in [0.1, 0.15) is 0 Å². The van der Waals surface area contributed by atoms with Crippen LogP contribution in [-0.4, -0.2) is 9.85 Å². The SMILES string of the molecule is O=[N+]([O-])c1ccc(/N=N/c2ccc([N+](=O)[O-])cc2)cc1. The van der Waals surface area contributed by atoms with E-state index < -0.39 is 9.85 Å². The second-order valence-electron chi connectivity index (χ2n) is 3.75. The summed E-state index contributed by atoms with van der Waals surface area (Å²) >= 11 is 0. The average molecular weight is 272 g/mol. The molecule has 8 nitrogen and oxygen atoms in total. The maximum absolute atomic E-state index is 10.5. The predicted molar refractivity (Wildman–Crippen MR) is 70.4 cm³/mol. The molecule has 0 aliphatic heterocycles. The molecule has 0 bridgehead atoms. The van der Waals surface area contributed by atoms with Crippen molar-refractivity contribution in [3.05, 3.63) is 68.8 Å². The van der Waals surface area contributed by atoms with E-state index in [0.717, 1.165) is 0 Å². The van der Waals surface area contributed by atoms with E-state index in [1.807, 2.05) is 0 Å². The summed E-state index contributed by atoms with van der Waals surface area (Å²) in [4.78, 5) is 19.9. The summed E-state index contributed by atoms with van der Waals surface area (Å²) in [7, 11) is 0. The third-order valence-electron chi connectivity index (χ3n) is 2.40. The topological polar surface area (TPSA) is 111 Å². The van der Waals surface area contributed by atoms with Crippen molar-refractivity contribution in [2.45, 2.75) is 0 Å². The zero-order valence-corrected chi connectivity index (χ0v) is 10.0. The van der Waals surface area contributed by atoms with Gasteiger partial charge in [-0.1, -0.05) is 0 Å². The Hall–Kier alpha value is -3.16. The summed E-state index contributed by atoms with van der Waals surface area (Å²) in [6.45, 7) is 0. The van der Waals surface area contributed by atoms with Crippen LogP contribution in [0.2, 0.25) is 0 Å². The van der Waals surface area contributed by atoms with Crippen molar-refractivity contribution in [2.24, 2.45) is 10.2 Å². The maximum atomic E-state index is 10.5. The minimum absolute atomic E-state index is 0.0284. The molecule has 20 heavy (non-hydrogen) atoms. The Labute approximate surface area is 112 Å². The number of hydrogen-bond donors (Lipinski definition) is 0. The standard InChI is InChI=1S/C12H8N4O4/c17-15(18)11-5-1-9(2-6-11)13-14-10-3-7-12(8-4-10)16(19)20/h1-8H/b14-13+. The molecule has 0 amide bonds. The van der Waals surface area contributed by atoms with Gasteiger partial charge in [0.15, 0.2) is 0 Å². The largest absolute Gasteiger partial charge is 0.269 e. The van der Waals surface area contributed by atoms with Gasteiger partial charge >= 0.3 is 0 Å². The number of azo groups is 1. The molecule has 0 aromatic heterocycles. The quantitative estimate of drug-likeness (QED) is 0.477. The predicted octanol–water partition coefficient (Wildman–Crippen LogP) is 3.92. The van der Waals surface area contributed by atoms with Crippen molar-refractivity contribution < 1.29 is 9.85 Å². The van der Waals surface area contributed by atoms with E-state index in [1.165, 1.54) is 48.5 Å². The lowest BCUT2D eigenvalue weighted by Gasteiger charge is -1.94. The van der Waals surface area contributed by atoms with E-state index in [4.69, 9.17) is 0 Å². The van der Waals surface area contributed by atoms with E-state index in [2.05, 4.69) is 10.2 Å². The van der Waals surface area contributed by atoms with E-state index in [1.54, 1.807) is 0 Å². The number of nitro benzene ring substituents is 2. The van der Waals surface area contributed by atoms with Gasteiger partial charge in [-0.2, -0.15) is 10.2 Å². The Morgan fingerprint density at radius 3 is 1.20 bits per heavy atom. The lowest BCUT2D eigenvalue weighted by atomic mass is 10.3. The lowest BCUT2D eigenvalue weighted by molar-refractivity contribution is -0.385. The summed E-state index contributed by atoms with van der Waals surface area (Å²) in [6.07, 6.45) is 0. The second kappa shape index (κ2) is 5.65. The van der Waals surface area contributed by atoms with Gasteiger partial charge in [-0.3, -0.25) is 20.2 Å². The molecule has 0 radical (unpaired) electrons. The van der Waals surface area contributed by atoms with Crippen LogP contribution in [0.4, 0.5) is 22.7 Å². The van der Waals surface area contributed by atoms with Gasteiger partial charge in [0.25, 0.3) is 11.4 Å². The van der Waals surface area contributed by atoms with Crippen LogP contribution in [0.3, 0.4) is 0 Å². The Morgan fingerprint density at radius 1 is 0.650 bits per heavy atom. The average Bonchev–Trinajstić information content (AvgIpc) is 2.46. The molecule has 0 atom stereocenters. The van der Waals surface area contributed by atoms with Crippen molar-refractivity contribution in [3.63, 3.8) is 0 Å². The molecule has 0 N–H and O–H groups in total. The number of nitrogens with zero attached hydrogens (tertiary/aromatic N) is 4. The van der Waals surface area contributed by atoms with Crippen molar-refractivity contribution in [1.29, 1.82) is 0 Å². The highest BCUT2D eigenvalue weighted by atomic mass is 16.6. The third kappa shape index (κ3) is 3.19. The lowest BCUT2D eigenvalue weighted by Crippen LogP contribution is -1.85. The van der Waals surface area contributed by atoms with Crippen molar-refractivity contribution in [2.75, 3.05) is 0 Å². The molecule has 0 unspecified atom stereocenters. The Kier molecular flexibility index (Phi) is 3.75. The zero-order chi connectivity index (χ0) is 14.5. The van der Waals surface area contributed by atoms with E-state index in [-0.39, 0.29) is 11.4 Å². The van der Waals surface area contributed by atoms with Gasteiger partial charge < -0.3 is 0 Å². The first-order valence-electron chi connectivity index (χ1n) is 5.47. The first-order valence-corrected chi connectivity index (χ1v) is 5.47. The summed E-state index contributed by atoms with van der Waals surface area (Å²) in [5.74, 6) is 0. The van der Waals surface area contributed by atoms with Gasteiger partial charge in [-0.15, -0.1) is 0 Å². The fourth-order valence-corrected chi connectivity index (χ4v) is 1.40. The molecular weight excluding hydrogens is 264 g/mol. The molecular formula is C12H8N4O4. The Morgan fingerprint density at radius 2 is 0.950 bits per heavy atom. The Bertz CT molecular complexity index is 605. The van der Waals surface area contributed by atoms with Crippen LogP contribution in [0.5, 0.6) is 0 Å². The summed E-state index contributed by atoms with van der Waals surface area (Å²) in [5, 5.41) is 28.7. The molecule has 0 fully saturated rings. The molecule has 0 aliphatic carbocycles. The molecule has 0 aliphatic rings. The van der Waals surface area contributed by atoms with E-state index in [9.17, 15) is 20.2 Å². The van der Waals surface area contributed by atoms with Gasteiger partial charge in [-0.25, -0.2) is 0 Å².